The van der Waals surface area contributed by atoms with E-state index in [2.05, 4.69) is 50.4 Å². The van der Waals surface area contributed by atoms with Crippen molar-refractivity contribution in [2.45, 2.75) is 146 Å². The fourth-order valence-electron chi connectivity index (χ4n) is 16.3. The average molecular weight is 1020 g/mol. The standard InChI is InChI=1S/C60H79NO13/c1-32(2)40-16-21-58-22-17-41-34(4)45(58)11-12-47-52(67)42(40)18-23-59(47,58)46(41)13-15-51(66)72-55-53(68)54-48(61-30-33(3)64)19-24-60(70,74-54)56(55)73-57(69)39(26-36-7-14-49(65)50(28-36)71-5)29-44-38(31-63)10-9-37-8-6-35(20-25-62)27-43(37)44/h6-8,11-12,14,17,19,22,24,26-28,32-34,38,40-42,44-48,52-56,61-65,67-68,70H,9-10,13,15-16,18,20-21,23,25,29-31H2,1-5H3. The highest BCUT2D eigenvalue weighted by Crippen LogP contribution is 2.77. The van der Waals surface area contributed by atoms with Crippen LogP contribution in [0, 0.1) is 64.1 Å². The predicted molar refractivity (Wildman–Crippen MR) is 276 cm³/mol. The van der Waals surface area contributed by atoms with Gasteiger partial charge in [-0.3, -0.25) is 4.79 Å². The summed E-state index contributed by atoms with van der Waals surface area (Å²) in [6.45, 7) is 8.45. The molecule has 2 spiro atoms. The van der Waals surface area contributed by atoms with Crippen LogP contribution in [0.3, 0.4) is 0 Å². The number of aliphatic hydroxyl groups is 6. The van der Waals surface area contributed by atoms with Gasteiger partial charge in [-0.15, -0.1) is 0 Å². The van der Waals surface area contributed by atoms with E-state index >= 15 is 4.79 Å². The lowest BCUT2D eigenvalue weighted by Crippen LogP contribution is -2.71. The van der Waals surface area contributed by atoms with Crippen LogP contribution in [0.15, 0.2) is 78.4 Å². The van der Waals surface area contributed by atoms with Crippen LogP contribution in [0.4, 0.5) is 0 Å². The summed E-state index contributed by atoms with van der Waals surface area (Å²) >= 11 is 0. The summed E-state index contributed by atoms with van der Waals surface area (Å²) in [4.78, 5) is 29.9. The fourth-order valence-corrected chi connectivity index (χ4v) is 16.3. The Morgan fingerprint density at radius 3 is 2.49 bits per heavy atom. The molecule has 12 rings (SSSR count). The molecule has 2 aromatic carbocycles. The molecule has 8 aliphatic carbocycles. The van der Waals surface area contributed by atoms with Gasteiger partial charge in [-0.25, -0.2) is 4.79 Å². The van der Waals surface area contributed by atoms with Crippen LogP contribution in [0.1, 0.15) is 107 Å². The van der Waals surface area contributed by atoms with Gasteiger partial charge in [0.1, 0.15) is 12.2 Å². The largest absolute Gasteiger partial charge is 0.504 e. The Morgan fingerprint density at radius 2 is 1.74 bits per heavy atom. The molecule has 14 heteroatoms. The van der Waals surface area contributed by atoms with Gasteiger partial charge >= 0.3 is 11.9 Å². The maximum absolute atomic E-state index is 15.2. The number of nitrogens with one attached hydrogen (secondary N) is 1. The van der Waals surface area contributed by atoms with E-state index < -0.39 is 60.4 Å². The van der Waals surface area contributed by atoms with E-state index in [4.69, 9.17) is 18.9 Å². The molecule has 8 N–H and O–H groups in total. The molecule has 4 saturated carbocycles. The molecule has 2 aliphatic heterocycles. The van der Waals surface area contributed by atoms with E-state index in [0.717, 1.165) is 42.4 Å². The number of esters is 2. The van der Waals surface area contributed by atoms with Crippen LogP contribution < -0.4 is 10.1 Å². The SMILES string of the molecule is COc1cc(C=C(CC2c3cc(CCO)ccc3CCC2CO)C(=O)OC2C(OC(=O)CCC3C4C=CC56CCC(C(C)C)C7CCC35C(C=CC6C4C)C7O)C(O)C3OC2(O)C=CC3NCC(C)O)ccc1O. The highest BCUT2D eigenvalue weighted by Gasteiger charge is 2.72. The van der Waals surface area contributed by atoms with E-state index in [1.807, 2.05) is 18.2 Å². The normalized spacial score (nSPS) is 39.8. The minimum atomic E-state index is -2.37. The number of phenolic OH excluding ortho intramolecular Hbond substituents is 1. The molecule has 2 heterocycles. The number of aryl methyl sites for hydroxylation is 1. The molecule has 5 fully saturated rings. The van der Waals surface area contributed by atoms with Gasteiger partial charge in [0.15, 0.2) is 23.7 Å². The highest BCUT2D eigenvalue weighted by molar-refractivity contribution is 5.94. The zero-order valence-corrected chi connectivity index (χ0v) is 43.6. The van der Waals surface area contributed by atoms with Crippen LogP contribution in [0.5, 0.6) is 11.5 Å². The fraction of sp³-hybridized carbons (Fsp3) is 0.633. The van der Waals surface area contributed by atoms with Crippen molar-refractivity contribution in [1.82, 2.24) is 5.32 Å². The summed E-state index contributed by atoms with van der Waals surface area (Å²) < 4.78 is 24.4. The molecule has 19 atom stereocenters. The lowest BCUT2D eigenvalue weighted by Gasteiger charge is -2.74. The van der Waals surface area contributed by atoms with Crippen molar-refractivity contribution >= 4 is 18.0 Å². The molecule has 0 radical (unpaired) electrons. The van der Waals surface area contributed by atoms with E-state index in [1.165, 1.54) is 19.3 Å². The zero-order valence-electron chi connectivity index (χ0n) is 43.6. The van der Waals surface area contributed by atoms with Crippen molar-refractivity contribution in [3.05, 3.63) is 101 Å². The van der Waals surface area contributed by atoms with Crippen LogP contribution in [-0.4, -0.2) is 123 Å². The summed E-state index contributed by atoms with van der Waals surface area (Å²) in [6, 6.07) is 9.94. The summed E-state index contributed by atoms with van der Waals surface area (Å²) in [5.74, 6) is -2.50. The number of benzene rings is 2. The number of aliphatic hydroxyl groups excluding tert-OH is 5. The zero-order chi connectivity index (χ0) is 52.4. The first-order valence-electron chi connectivity index (χ1n) is 27.5. The monoisotopic (exact) mass is 1020 g/mol. The molecule has 0 aromatic heterocycles. The number of carbonyl (C=O) groups is 2. The van der Waals surface area contributed by atoms with E-state index in [0.29, 0.717) is 54.9 Å². The van der Waals surface area contributed by atoms with E-state index in [-0.39, 0.29) is 96.0 Å². The lowest BCUT2D eigenvalue weighted by molar-refractivity contribution is -0.333. The Bertz CT molecular complexity index is 2540. The Hall–Kier alpha value is -4.38. The predicted octanol–water partition coefficient (Wildman–Crippen LogP) is 6.07. The van der Waals surface area contributed by atoms with Crippen molar-refractivity contribution in [3.8, 4) is 11.5 Å². The number of hydrogen-bond donors (Lipinski definition) is 8. The van der Waals surface area contributed by atoms with Crippen LogP contribution in [0.25, 0.3) is 6.08 Å². The summed E-state index contributed by atoms with van der Waals surface area (Å²) in [5.41, 5.74) is 3.12. The van der Waals surface area contributed by atoms with Crippen molar-refractivity contribution in [1.29, 1.82) is 0 Å². The number of methoxy groups -OCH3 is 1. The van der Waals surface area contributed by atoms with Gasteiger partial charge in [-0.05, 0) is 170 Å². The molecular weight excluding hydrogens is 943 g/mol. The molecule has 402 valence electrons. The smallest absolute Gasteiger partial charge is 0.334 e. The Kier molecular flexibility index (Phi) is 15.0. The van der Waals surface area contributed by atoms with Gasteiger partial charge in [0.2, 0.25) is 5.79 Å². The number of rotatable bonds is 17. The second-order valence-electron chi connectivity index (χ2n) is 23.7. The Labute approximate surface area is 435 Å². The Balaban J connectivity index is 0.971. The third kappa shape index (κ3) is 9.00. The second kappa shape index (κ2) is 20.9. The number of carbonyl (C=O) groups excluding carboxylic acids is 2. The minimum Gasteiger partial charge on any atom is -0.504 e. The summed E-state index contributed by atoms with van der Waals surface area (Å²) in [6.07, 6.45) is 13.1. The van der Waals surface area contributed by atoms with Crippen molar-refractivity contribution in [2.75, 3.05) is 26.9 Å². The summed E-state index contributed by atoms with van der Waals surface area (Å²) in [5, 5.41) is 81.7. The van der Waals surface area contributed by atoms with Crippen LogP contribution in [-0.2, 0) is 36.6 Å². The quantitative estimate of drug-likeness (QED) is 0.0512. The van der Waals surface area contributed by atoms with Crippen LogP contribution in [0.2, 0.25) is 0 Å². The van der Waals surface area contributed by atoms with Gasteiger partial charge in [0, 0.05) is 43.1 Å². The molecular formula is C60H79NO13. The first kappa shape index (κ1) is 53.0. The molecule has 8 bridgehead atoms. The highest BCUT2D eigenvalue weighted by atomic mass is 16.7. The number of phenols is 1. The summed E-state index contributed by atoms with van der Waals surface area (Å²) in [7, 11) is 1.42. The number of aromatic hydroxyl groups is 1. The second-order valence-corrected chi connectivity index (χ2v) is 23.7. The van der Waals surface area contributed by atoms with Crippen LogP contribution >= 0.6 is 0 Å². The first-order valence-corrected chi connectivity index (χ1v) is 27.5. The van der Waals surface area contributed by atoms with Gasteiger partial charge in [0.05, 0.1) is 25.4 Å². The topological polar surface area (TPSA) is 225 Å². The maximum atomic E-state index is 15.2. The third-order valence-corrected chi connectivity index (χ3v) is 19.7. The van der Waals surface area contributed by atoms with Gasteiger partial charge in [-0.1, -0.05) is 75.4 Å². The number of ether oxygens (including phenoxy) is 4. The molecule has 74 heavy (non-hydrogen) atoms. The van der Waals surface area contributed by atoms with E-state index in [1.54, 1.807) is 31.2 Å². The maximum Gasteiger partial charge on any atom is 0.334 e. The molecule has 0 amide bonds. The first-order chi connectivity index (χ1) is 35.5. The van der Waals surface area contributed by atoms with Crippen molar-refractivity contribution in [3.63, 3.8) is 0 Å². The third-order valence-electron chi connectivity index (χ3n) is 19.7. The molecule has 19 unspecified atom stereocenters. The van der Waals surface area contributed by atoms with Gasteiger partial charge < -0.3 is 60.0 Å². The van der Waals surface area contributed by atoms with E-state index in [9.17, 15) is 40.5 Å². The number of hydrogen-bond acceptors (Lipinski definition) is 14. The molecule has 2 aromatic rings. The Morgan fingerprint density at radius 1 is 0.946 bits per heavy atom. The average Bonchev–Trinajstić information content (AvgIpc) is 3.46. The number of allylic oxidation sites excluding steroid dienone is 3. The van der Waals surface area contributed by atoms with Crippen molar-refractivity contribution < 1.29 is 64.3 Å². The lowest BCUT2D eigenvalue weighted by atomic mass is 9.30. The van der Waals surface area contributed by atoms with Gasteiger partial charge in [0.25, 0.3) is 0 Å². The molecule has 10 aliphatic rings. The number of fused-ring (bicyclic) bond motifs is 6. The molecule has 1 saturated heterocycles. The molecule has 14 nitrogen and oxygen atoms in total. The van der Waals surface area contributed by atoms with Crippen molar-refractivity contribution in [2.24, 2.45) is 64.1 Å². The minimum absolute atomic E-state index is 0.0159. The van der Waals surface area contributed by atoms with Gasteiger partial charge in [-0.2, -0.15) is 0 Å².